The average molecular weight is 408 g/mol. The number of piperidine rings is 1. The van der Waals surface area contributed by atoms with Crippen molar-refractivity contribution in [2.75, 3.05) is 31.6 Å². The lowest BCUT2D eigenvalue weighted by atomic mass is 9.93. The van der Waals surface area contributed by atoms with Gasteiger partial charge in [-0.1, -0.05) is 35.6 Å². The van der Waals surface area contributed by atoms with Crippen molar-refractivity contribution in [2.24, 2.45) is 5.92 Å². The van der Waals surface area contributed by atoms with Crippen LogP contribution in [0.3, 0.4) is 0 Å². The summed E-state index contributed by atoms with van der Waals surface area (Å²) >= 11 is 1.70. The van der Waals surface area contributed by atoms with Gasteiger partial charge in [-0.05, 0) is 48.6 Å². The van der Waals surface area contributed by atoms with Gasteiger partial charge in [0.25, 0.3) is 0 Å². The van der Waals surface area contributed by atoms with Crippen LogP contribution in [-0.2, 0) is 17.8 Å². The van der Waals surface area contributed by atoms with E-state index in [0.717, 1.165) is 66.5 Å². The molecule has 2 aliphatic heterocycles. The number of aromatic nitrogens is 1. The van der Waals surface area contributed by atoms with Crippen LogP contribution in [0, 0.1) is 5.92 Å². The number of methoxy groups -OCH3 is 1. The molecule has 0 atom stereocenters. The molecule has 0 spiro atoms. The predicted octanol–water partition coefficient (Wildman–Crippen LogP) is 4.11. The first-order valence-corrected chi connectivity index (χ1v) is 11.1. The highest BCUT2D eigenvalue weighted by Gasteiger charge is 2.31. The molecule has 3 heterocycles. The number of anilines is 1. The number of ether oxygens (including phenoxy) is 1. The monoisotopic (exact) mass is 407 g/mol. The quantitative estimate of drug-likeness (QED) is 0.656. The molecule has 5 nitrogen and oxygen atoms in total. The van der Waals surface area contributed by atoms with Gasteiger partial charge >= 0.3 is 0 Å². The van der Waals surface area contributed by atoms with Crippen molar-refractivity contribution in [2.45, 2.75) is 25.8 Å². The van der Waals surface area contributed by atoms with Crippen LogP contribution in [-0.4, -0.2) is 42.5 Å². The van der Waals surface area contributed by atoms with E-state index < -0.39 is 0 Å². The molecule has 0 aliphatic carbocycles. The van der Waals surface area contributed by atoms with Crippen LogP contribution < -0.4 is 9.64 Å². The summed E-state index contributed by atoms with van der Waals surface area (Å²) < 4.78 is 6.46. The number of carbonyl (C=O) groups excluding carboxylic acids is 1. The maximum absolute atomic E-state index is 13.1. The number of benzene rings is 2. The largest absolute Gasteiger partial charge is 0.497 e. The summed E-state index contributed by atoms with van der Waals surface area (Å²) in [7, 11) is 1.69. The van der Waals surface area contributed by atoms with Crippen molar-refractivity contribution in [3.05, 3.63) is 53.6 Å². The molecule has 1 fully saturated rings. The third-order valence-electron chi connectivity index (χ3n) is 6.14. The Hall–Kier alpha value is -2.60. The Morgan fingerprint density at radius 1 is 1.10 bits per heavy atom. The second-order valence-corrected chi connectivity index (χ2v) is 8.88. The zero-order valence-electron chi connectivity index (χ0n) is 16.6. The van der Waals surface area contributed by atoms with Crippen LogP contribution in [0.5, 0.6) is 5.75 Å². The van der Waals surface area contributed by atoms with E-state index in [1.54, 1.807) is 18.4 Å². The van der Waals surface area contributed by atoms with E-state index in [9.17, 15) is 4.79 Å². The fourth-order valence-electron chi connectivity index (χ4n) is 4.41. The Morgan fingerprint density at radius 3 is 2.69 bits per heavy atom. The first-order valence-electron chi connectivity index (χ1n) is 10.3. The lowest BCUT2D eigenvalue weighted by Crippen LogP contribution is -2.44. The van der Waals surface area contributed by atoms with E-state index >= 15 is 0 Å². The molecule has 2 aromatic carbocycles. The van der Waals surface area contributed by atoms with E-state index in [0.29, 0.717) is 5.91 Å². The van der Waals surface area contributed by atoms with E-state index in [-0.39, 0.29) is 5.92 Å². The Kier molecular flexibility index (Phi) is 4.87. The highest BCUT2D eigenvalue weighted by molar-refractivity contribution is 7.22. The lowest BCUT2D eigenvalue weighted by molar-refractivity contribution is -0.137. The normalized spacial score (nSPS) is 17.4. The fourth-order valence-corrected chi connectivity index (χ4v) is 5.46. The number of rotatable bonds is 3. The van der Waals surface area contributed by atoms with Crippen molar-refractivity contribution < 1.29 is 9.53 Å². The molecule has 0 unspecified atom stereocenters. The molecule has 0 saturated carbocycles. The Morgan fingerprint density at radius 2 is 1.90 bits per heavy atom. The number of thiazole rings is 1. The molecule has 1 saturated heterocycles. The van der Waals surface area contributed by atoms with Crippen molar-refractivity contribution in [1.29, 1.82) is 0 Å². The number of fused-ring (bicyclic) bond motifs is 2. The molecule has 1 aromatic heterocycles. The molecule has 0 N–H and O–H groups in total. The Labute approximate surface area is 174 Å². The summed E-state index contributed by atoms with van der Waals surface area (Å²) in [6, 6.07) is 14.5. The van der Waals surface area contributed by atoms with Gasteiger partial charge in [0.2, 0.25) is 5.91 Å². The highest BCUT2D eigenvalue weighted by Crippen LogP contribution is 2.34. The molecule has 3 aromatic rings. The summed E-state index contributed by atoms with van der Waals surface area (Å²) in [6.07, 6.45) is 2.77. The van der Waals surface area contributed by atoms with Gasteiger partial charge in [-0.2, -0.15) is 0 Å². The van der Waals surface area contributed by atoms with E-state index in [2.05, 4.69) is 34.1 Å². The van der Waals surface area contributed by atoms with Crippen LogP contribution in [0.15, 0.2) is 42.5 Å². The van der Waals surface area contributed by atoms with Gasteiger partial charge in [-0.25, -0.2) is 4.98 Å². The topological polar surface area (TPSA) is 45.7 Å². The van der Waals surface area contributed by atoms with Crippen molar-refractivity contribution in [3.63, 3.8) is 0 Å². The Bertz CT molecular complexity index is 1040. The van der Waals surface area contributed by atoms with Crippen LogP contribution in [0.1, 0.15) is 24.0 Å². The molecule has 0 bridgehead atoms. The van der Waals surface area contributed by atoms with Crippen LogP contribution in [0.25, 0.3) is 10.2 Å². The third kappa shape index (κ3) is 3.57. The maximum Gasteiger partial charge on any atom is 0.226 e. The minimum atomic E-state index is 0.131. The lowest BCUT2D eigenvalue weighted by Gasteiger charge is -2.36. The smallest absolute Gasteiger partial charge is 0.226 e. The molecular formula is C23H25N3O2S. The summed E-state index contributed by atoms with van der Waals surface area (Å²) in [5.41, 5.74) is 3.70. The standard InChI is InChI=1S/C23H25N3O2S/c1-28-19-6-7-20-21(14-19)29-23(24-20)25-11-9-17(10-12-25)22(27)26-13-8-16-4-2-3-5-18(16)15-26/h2-7,14,17H,8-13,15H2,1H3. The van der Waals surface area contributed by atoms with Crippen molar-refractivity contribution in [3.8, 4) is 5.75 Å². The van der Waals surface area contributed by atoms with Gasteiger partial charge in [0, 0.05) is 32.1 Å². The third-order valence-corrected chi connectivity index (χ3v) is 7.22. The van der Waals surface area contributed by atoms with Crippen molar-refractivity contribution >= 4 is 32.6 Å². The average Bonchev–Trinajstić information content (AvgIpc) is 3.21. The van der Waals surface area contributed by atoms with Gasteiger partial charge < -0.3 is 14.5 Å². The van der Waals surface area contributed by atoms with Gasteiger partial charge in [0.05, 0.1) is 17.3 Å². The summed E-state index contributed by atoms with van der Waals surface area (Å²) in [6.45, 7) is 3.38. The van der Waals surface area contributed by atoms with Crippen LogP contribution in [0.4, 0.5) is 5.13 Å². The molecule has 0 radical (unpaired) electrons. The first kappa shape index (κ1) is 18.4. The zero-order chi connectivity index (χ0) is 19.8. The molecule has 6 heteroatoms. The second kappa shape index (κ2) is 7.67. The highest BCUT2D eigenvalue weighted by atomic mass is 32.1. The molecule has 29 heavy (non-hydrogen) atoms. The second-order valence-electron chi connectivity index (χ2n) is 7.87. The van der Waals surface area contributed by atoms with Crippen molar-refractivity contribution in [1.82, 2.24) is 9.88 Å². The van der Waals surface area contributed by atoms with E-state index in [1.807, 2.05) is 18.2 Å². The van der Waals surface area contributed by atoms with Crippen LogP contribution >= 0.6 is 11.3 Å². The number of hydrogen-bond donors (Lipinski definition) is 0. The fraction of sp³-hybridized carbons (Fsp3) is 0.391. The zero-order valence-corrected chi connectivity index (χ0v) is 17.5. The number of nitrogens with zero attached hydrogens (tertiary/aromatic N) is 3. The maximum atomic E-state index is 13.1. The number of amides is 1. The van der Waals surface area contributed by atoms with Gasteiger partial charge in [-0.3, -0.25) is 4.79 Å². The summed E-state index contributed by atoms with van der Waals surface area (Å²) in [5.74, 6) is 1.32. The van der Waals surface area contributed by atoms with Gasteiger partial charge in [-0.15, -0.1) is 0 Å². The van der Waals surface area contributed by atoms with Gasteiger partial charge in [0.1, 0.15) is 5.75 Å². The molecule has 150 valence electrons. The minimum Gasteiger partial charge on any atom is -0.497 e. The predicted molar refractivity (Wildman–Crippen MR) is 117 cm³/mol. The number of hydrogen-bond acceptors (Lipinski definition) is 5. The number of carbonyl (C=O) groups is 1. The van der Waals surface area contributed by atoms with E-state index in [4.69, 9.17) is 9.72 Å². The molecule has 5 rings (SSSR count). The summed E-state index contributed by atoms with van der Waals surface area (Å²) in [4.78, 5) is 22.3. The molecule has 2 aliphatic rings. The van der Waals surface area contributed by atoms with Gasteiger partial charge in [0.15, 0.2) is 5.13 Å². The minimum absolute atomic E-state index is 0.131. The SMILES string of the molecule is COc1ccc2nc(N3CCC(C(=O)N4CCc5ccccc5C4)CC3)sc2c1. The molecular weight excluding hydrogens is 382 g/mol. The molecule has 1 amide bonds. The summed E-state index contributed by atoms with van der Waals surface area (Å²) in [5, 5.41) is 1.05. The first-order chi connectivity index (χ1) is 14.2. The van der Waals surface area contributed by atoms with E-state index in [1.165, 1.54) is 11.1 Å². The van der Waals surface area contributed by atoms with Crippen LogP contribution in [0.2, 0.25) is 0 Å². The Balaban J connectivity index is 1.23.